The van der Waals surface area contributed by atoms with Crippen LogP contribution in [0.2, 0.25) is 0 Å². The molecule has 1 fully saturated rings. The molecule has 1 heterocycles. The van der Waals surface area contributed by atoms with E-state index in [1.54, 1.807) is 28.4 Å². The molecule has 25 heavy (non-hydrogen) atoms. The van der Waals surface area contributed by atoms with Gasteiger partial charge < -0.3 is 24.8 Å². The van der Waals surface area contributed by atoms with Crippen LogP contribution in [0.25, 0.3) is 0 Å². The molecular weight excluding hydrogens is 338 g/mol. The van der Waals surface area contributed by atoms with Crippen molar-refractivity contribution in [1.29, 1.82) is 0 Å². The molecule has 1 aliphatic rings. The third-order valence-corrected chi connectivity index (χ3v) is 5.94. The second kappa shape index (κ2) is 9.08. The van der Waals surface area contributed by atoms with Crippen LogP contribution < -0.4 is 24.8 Å². The predicted octanol–water partition coefficient (Wildman–Crippen LogP) is 2.66. The Morgan fingerprint density at radius 1 is 1.16 bits per heavy atom. The van der Waals surface area contributed by atoms with Crippen molar-refractivity contribution in [1.82, 2.24) is 10.6 Å². The molecule has 6 nitrogen and oxygen atoms in total. The molecule has 0 saturated carbocycles. The normalized spacial score (nSPS) is 20.3. The number of benzene rings is 1. The van der Waals surface area contributed by atoms with Gasteiger partial charge in [-0.05, 0) is 25.5 Å². The van der Waals surface area contributed by atoms with Crippen LogP contribution in [-0.4, -0.2) is 51.4 Å². The fraction of sp³-hybridized carbons (Fsp3) is 0.611. The van der Waals surface area contributed by atoms with Gasteiger partial charge in [-0.1, -0.05) is 0 Å². The van der Waals surface area contributed by atoms with E-state index in [1.807, 2.05) is 23.9 Å². The van der Waals surface area contributed by atoms with Gasteiger partial charge in [0.05, 0.1) is 33.4 Å². The Morgan fingerprint density at radius 3 is 2.32 bits per heavy atom. The number of methoxy groups -OCH3 is 3. The van der Waals surface area contributed by atoms with Gasteiger partial charge >= 0.3 is 0 Å². The third-order valence-electron chi connectivity index (χ3n) is 4.40. The summed E-state index contributed by atoms with van der Waals surface area (Å²) in [6.45, 7) is 3.74. The Balaban J connectivity index is 2.03. The summed E-state index contributed by atoms with van der Waals surface area (Å²) in [5.74, 6) is 4.15. The zero-order valence-corrected chi connectivity index (χ0v) is 16.6. The van der Waals surface area contributed by atoms with Crippen molar-refractivity contribution in [3.63, 3.8) is 0 Å². The lowest BCUT2D eigenvalue weighted by Crippen LogP contribution is -2.43. The lowest BCUT2D eigenvalue weighted by atomic mass is 10.1. The summed E-state index contributed by atoms with van der Waals surface area (Å²) in [6.07, 6.45) is 2.52. The Kier molecular flexibility index (Phi) is 7.11. The first-order valence-corrected chi connectivity index (χ1v) is 9.41. The first kappa shape index (κ1) is 19.6. The first-order chi connectivity index (χ1) is 12.0. The van der Waals surface area contributed by atoms with Crippen molar-refractivity contribution < 1.29 is 14.2 Å². The highest BCUT2D eigenvalue weighted by atomic mass is 32.2. The second-order valence-corrected chi connectivity index (χ2v) is 7.87. The van der Waals surface area contributed by atoms with Gasteiger partial charge in [0.25, 0.3) is 0 Å². The number of hydrogen-bond acceptors (Lipinski definition) is 5. The second-order valence-electron chi connectivity index (χ2n) is 6.19. The van der Waals surface area contributed by atoms with E-state index in [1.165, 1.54) is 18.6 Å². The van der Waals surface area contributed by atoms with Crippen LogP contribution >= 0.6 is 11.8 Å². The number of aliphatic imine (C=N–C) groups is 1. The van der Waals surface area contributed by atoms with Crippen molar-refractivity contribution in [2.75, 3.05) is 40.7 Å². The van der Waals surface area contributed by atoms with E-state index in [9.17, 15) is 0 Å². The summed E-state index contributed by atoms with van der Waals surface area (Å²) < 4.78 is 16.6. The van der Waals surface area contributed by atoms with Gasteiger partial charge in [0, 0.05) is 30.5 Å². The maximum Gasteiger partial charge on any atom is 0.191 e. The number of ether oxygens (including phenoxy) is 3. The zero-order valence-electron chi connectivity index (χ0n) is 15.8. The molecule has 0 aliphatic carbocycles. The zero-order chi connectivity index (χ0) is 18.3. The van der Waals surface area contributed by atoms with Crippen LogP contribution in [0, 0.1) is 0 Å². The van der Waals surface area contributed by atoms with Gasteiger partial charge in [-0.3, -0.25) is 4.99 Å². The largest absolute Gasteiger partial charge is 0.496 e. The van der Waals surface area contributed by atoms with Crippen LogP contribution in [0.5, 0.6) is 17.2 Å². The molecule has 1 aromatic carbocycles. The van der Waals surface area contributed by atoms with Crippen LogP contribution in [-0.2, 0) is 6.54 Å². The first-order valence-electron chi connectivity index (χ1n) is 8.42. The van der Waals surface area contributed by atoms with E-state index in [-0.39, 0.29) is 4.75 Å². The van der Waals surface area contributed by atoms with E-state index in [0.717, 1.165) is 29.6 Å². The van der Waals surface area contributed by atoms with Crippen LogP contribution in [0.3, 0.4) is 0 Å². The van der Waals surface area contributed by atoms with Crippen molar-refractivity contribution in [3.8, 4) is 17.2 Å². The number of hydrogen-bond donors (Lipinski definition) is 2. The molecule has 0 amide bonds. The molecule has 1 atom stereocenters. The van der Waals surface area contributed by atoms with E-state index in [2.05, 4.69) is 22.5 Å². The van der Waals surface area contributed by atoms with E-state index >= 15 is 0 Å². The lowest BCUT2D eigenvalue weighted by Gasteiger charge is -2.24. The smallest absolute Gasteiger partial charge is 0.191 e. The Hall–Kier alpha value is -1.76. The monoisotopic (exact) mass is 367 g/mol. The fourth-order valence-corrected chi connectivity index (χ4v) is 4.14. The molecule has 0 radical (unpaired) electrons. The summed E-state index contributed by atoms with van der Waals surface area (Å²) in [5.41, 5.74) is 0.926. The third kappa shape index (κ3) is 5.11. The summed E-state index contributed by atoms with van der Waals surface area (Å²) in [4.78, 5) is 4.32. The quantitative estimate of drug-likeness (QED) is 0.571. The molecule has 1 aliphatic heterocycles. The SMILES string of the molecule is CN=C(NCc1c(OC)cc(OC)cc1OC)NCC1(C)CCCS1. The van der Waals surface area contributed by atoms with Gasteiger partial charge in [-0.25, -0.2) is 0 Å². The van der Waals surface area contributed by atoms with Crippen LogP contribution in [0.4, 0.5) is 0 Å². The highest BCUT2D eigenvalue weighted by Crippen LogP contribution is 2.37. The molecule has 140 valence electrons. The summed E-state index contributed by atoms with van der Waals surface area (Å²) in [5, 5.41) is 6.77. The van der Waals surface area contributed by atoms with Crippen LogP contribution in [0.15, 0.2) is 17.1 Å². The number of rotatable bonds is 7. The number of nitrogens with zero attached hydrogens (tertiary/aromatic N) is 1. The number of nitrogens with one attached hydrogen (secondary N) is 2. The van der Waals surface area contributed by atoms with Gasteiger partial charge in [-0.2, -0.15) is 11.8 Å². The summed E-state index contributed by atoms with van der Waals surface area (Å²) >= 11 is 2.03. The Morgan fingerprint density at radius 2 is 1.84 bits per heavy atom. The Bertz CT molecular complexity index is 576. The fourth-order valence-electron chi connectivity index (χ4n) is 2.89. The Labute approximate surface area is 154 Å². The van der Waals surface area contributed by atoms with Crippen molar-refractivity contribution in [3.05, 3.63) is 17.7 Å². The molecule has 2 rings (SSSR count). The average Bonchev–Trinajstić information content (AvgIpc) is 3.08. The standard InChI is InChI=1S/C18H29N3O3S/c1-18(7-6-8-25-18)12-21-17(19-2)20-11-14-15(23-4)9-13(22-3)10-16(14)24-5/h9-10H,6-8,11-12H2,1-5H3,(H2,19,20,21). The molecule has 1 saturated heterocycles. The van der Waals surface area contributed by atoms with Gasteiger partial charge in [-0.15, -0.1) is 0 Å². The highest BCUT2D eigenvalue weighted by molar-refractivity contribution is 8.00. The van der Waals surface area contributed by atoms with Gasteiger partial charge in [0.2, 0.25) is 0 Å². The predicted molar refractivity (Wildman–Crippen MR) is 104 cm³/mol. The molecule has 1 aromatic rings. The highest BCUT2D eigenvalue weighted by Gasteiger charge is 2.29. The maximum atomic E-state index is 5.49. The van der Waals surface area contributed by atoms with Crippen molar-refractivity contribution >= 4 is 17.7 Å². The topological polar surface area (TPSA) is 64.1 Å². The molecule has 0 spiro atoms. The molecule has 0 bridgehead atoms. The number of guanidine groups is 1. The van der Waals surface area contributed by atoms with Gasteiger partial charge in [0.15, 0.2) is 5.96 Å². The summed E-state index contributed by atoms with van der Waals surface area (Å²) in [7, 11) is 6.69. The number of thioether (sulfide) groups is 1. The molecular formula is C18H29N3O3S. The van der Waals surface area contributed by atoms with E-state index in [4.69, 9.17) is 14.2 Å². The summed E-state index contributed by atoms with van der Waals surface area (Å²) in [6, 6.07) is 3.71. The minimum atomic E-state index is 0.285. The average molecular weight is 368 g/mol. The lowest BCUT2D eigenvalue weighted by molar-refractivity contribution is 0.368. The van der Waals surface area contributed by atoms with Gasteiger partial charge in [0.1, 0.15) is 17.2 Å². The minimum Gasteiger partial charge on any atom is -0.496 e. The van der Waals surface area contributed by atoms with E-state index in [0.29, 0.717) is 12.3 Å². The molecule has 2 N–H and O–H groups in total. The van der Waals surface area contributed by atoms with Crippen molar-refractivity contribution in [2.24, 2.45) is 4.99 Å². The maximum absolute atomic E-state index is 5.49. The molecule has 0 aromatic heterocycles. The minimum absolute atomic E-state index is 0.285. The van der Waals surface area contributed by atoms with Crippen LogP contribution in [0.1, 0.15) is 25.3 Å². The molecule has 7 heteroatoms. The van der Waals surface area contributed by atoms with Crippen molar-refractivity contribution in [2.45, 2.75) is 31.1 Å². The molecule has 1 unspecified atom stereocenters. The van der Waals surface area contributed by atoms with E-state index < -0.39 is 0 Å².